The van der Waals surface area contributed by atoms with Gasteiger partial charge in [-0.05, 0) is 5.92 Å². The molecular formula is C8H4N4O3S. The molecule has 16 heavy (non-hydrogen) atoms. The third-order valence-electron chi connectivity index (χ3n) is 1.53. The van der Waals surface area contributed by atoms with Crippen molar-refractivity contribution in [1.29, 1.82) is 0 Å². The highest BCUT2D eigenvalue weighted by atomic mass is 32.1. The van der Waals surface area contributed by atoms with Gasteiger partial charge in [-0.2, -0.15) is 0 Å². The number of rotatable bonds is 3. The number of nitrogens with zero attached hydrogens (tertiary/aromatic N) is 3. The maximum Gasteiger partial charge on any atom is 0.362 e. The van der Waals surface area contributed by atoms with Crippen LogP contribution in [0.2, 0.25) is 0 Å². The minimum Gasteiger partial charge on any atom is -0.476 e. The van der Waals surface area contributed by atoms with E-state index in [2.05, 4.69) is 26.3 Å². The number of hydrogen-bond donors (Lipinski definition) is 2. The van der Waals surface area contributed by atoms with Gasteiger partial charge in [0.25, 0.3) is 5.88 Å². The van der Waals surface area contributed by atoms with Crippen LogP contribution in [-0.2, 0) is 0 Å². The molecule has 0 aliphatic rings. The maximum absolute atomic E-state index is 10.7. The second-order valence-corrected chi connectivity index (χ2v) is 3.52. The summed E-state index contributed by atoms with van der Waals surface area (Å²) in [6.45, 7) is 0. The monoisotopic (exact) mass is 236 g/mol. The Morgan fingerprint density at radius 2 is 2.50 bits per heavy atom. The molecule has 2 heterocycles. The summed E-state index contributed by atoms with van der Waals surface area (Å²) >= 11 is 1.11. The van der Waals surface area contributed by atoms with E-state index in [1.165, 1.54) is 6.20 Å². The smallest absolute Gasteiger partial charge is 0.362 e. The summed E-state index contributed by atoms with van der Waals surface area (Å²) in [7, 11) is 0. The Morgan fingerprint density at radius 1 is 1.69 bits per heavy atom. The van der Waals surface area contributed by atoms with E-state index in [0.29, 0.717) is 10.1 Å². The zero-order chi connectivity index (χ0) is 11.5. The van der Waals surface area contributed by atoms with Crippen molar-refractivity contribution in [3.8, 4) is 23.3 Å². The predicted molar refractivity (Wildman–Crippen MR) is 53.5 cm³/mol. The van der Waals surface area contributed by atoms with Crippen LogP contribution in [0.5, 0.6) is 10.9 Å². The third kappa shape index (κ3) is 1.84. The van der Waals surface area contributed by atoms with Gasteiger partial charge in [-0.15, -0.1) is 11.5 Å². The van der Waals surface area contributed by atoms with Gasteiger partial charge in [0.05, 0.1) is 6.20 Å². The number of carbonyl (C=O) groups is 1. The van der Waals surface area contributed by atoms with Crippen LogP contribution in [0.4, 0.5) is 0 Å². The van der Waals surface area contributed by atoms with Crippen LogP contribution in [0.25, 0.3) is 0 Å². The molecular weight excluding hydrogens is 232 g/mol. The lowest BCUT2D eigenvalue weighted by atomic mass is 10.5. The molecule has 0 saturated heterocycles. The molecule has 2 N–H and O–H groups in total. The zero-order valence-corrected chi connectivity index (χ0v) is 8.48. The quantitative estimate of drug-likeness (QED) is 0.762. The summed E-state index contributed by atoms with van der Waals surface area (Å²) in [5.74, 6) is 1.05. The number of aromatic amines is 1. The number of thiazole rings is 1. The van der Waals surface area contributed by atoms with E-state index in [4.69, 9.17) is 16.3 Å². The lowest BCUT2D eigenvalue weighted by molar-refractivity contribution is 0.0687. The molecule has 0 fully saturated rings. The van der Waals surface area contributed by atoms with Crippen LogP contribution in [0.1, 0.15) is 15.5 Å². The van der Waals surface area contributed by atoms with Crippen LogP contribution in [0, 0.1) is 12.3 Å². The largest absolute Gasteiger partial charge is 0.476 e. The first-order valence-electron chi connectivity index (χ1n) is 3.95. The number of carboxylic acids is 1. The summed E-state index contributed by atoms with van der Waals surface area (Å²) in [4.78, 5) is 14.5. The molecule has 0 aliphatic carbocycles. The van der Waals surface area contributed by atoms with Crippen molar-refractivity contribution in [2.24, 2.45) is 0 Å². The minimum atomic E-state index is -1.23. The standard InChI is InChI=1S/C8H4N4O3S/c1-2-4-9-3-5(16-4)15-7-6(8(13)14)10-12-11-7/h1,3H,(H,13,14)(H,10,11,12). The van der Waals surface area contributed by atoms with Crippen LogP contribution >= 0.6 is 11.3 Å². The second kappa shape index (κ2) is 4.00. The van der Waals surface area contributed by atoms with E-state index < -0.39 is 5.97 Å². The van der Waals surface area contributed by atoms with E-state index in [9.17, 15) is 4.79 Å². The van der Waals surface area contributed by atoms with Gasteiger partial charge in [0.15, 0.2) is 5.01 Å². The fourth-order valence-electron chi connectivity index (χ4n) is 0.904. The Balaban J connectivity index is 2.24. The van der Waals surface area contributed by atoms with E-state index in [1.807, 2.05) is 0 Å². The van der Waals surface area contributed by atoms with Crippen molar-refractivity contribution in [1.82, 2.24) is 20.4 Å². The van der Waals surface area contributed by atoms with Crippen LogP contribution in [0.3, 0.4) is 0 Å². The molecule has 8 heteroatoms. The highest BCUT2D eigenvalue weighted by Gasteiger charge is 2.17. The molecule has 80 valence electrons. The molecule has 2 aromatic heterocycles. The summed E-state index contributed by atoms with van der Waals surface area (Å²) in [6.07, 6.45) is 6.53. The first-order chi connectivity index (χ1) is 7.70. The summed E-state index contributed by atoms with van der Waals surface area (Å²) in [6, 6.07) is 0. The van der Waals surface area contributed by atoms with E-state index in [0.717, 1.165) is 11.3 Å². The molecule has 0 aliphatic heterocycles. The molecule has 2 rings (SSSR count). The Hall–Kier alpha value is -2.40. The van der Waals surface area contributed by atoms with Crippen molar-refractivity contribution >= 4 is 17.3 Å². The lowest BCUT2D eigenvalue weighted by Gasteiger charge is -1.97. The van der Waals surface area contributed by atoms with Gasteiger partial charge in [-0.25, -0.2) is 14.9 Å². The molecule has 7 nitrogen and oxygen atoms in total. The number of H-pyrrole nitrogens is 1. The fourth-order valence-corrected chi connectivity index (χ4v) is 1.49. The van der Waals surface area contributed by atoms with Crippen LogP contribution < -0.4 is 4.74 Å². The number of nitrogens with one attached hydrogen (secondary N) is 1. The Kier molecular flexibility index (Phi) is 2.53. The van der Waals surface area contributed by atoms with E-state index in [-0.39, 0.29) is 11.6 Å². The molecule has 0 aromatic carbocycles. The first kappa shape index (κ1) is 10.1. The highest BCUT2D eigenvalue weighted by Crippen LogP contribution is 2.27. The fraction of sp³-hybridized carbons (Fsp3) is 0. The average molecular weight is 236 g/mol. The van der Waals surface area contributed by atoms with Gasteiger partial charge < -0.3 is 9.84 Å². The molecule has 0 atom stereocenters. The molecule has 0 radical (unpaired) electrons. The predicted octanol–water partition coefficient (Wildman–Crippen LogP) is 0.733. The van der Waals surface area contributed by atoms with Crippen molar-refractivity contribution in [3.63, 3.8) is 0 Å². The van der Waals surface area contributed by atoms with E-state index >= 15 is 0 Å². The van der Waals surface area contributed by atoms with Gasteiger partial charge in [0.1, 0.15) is 0 Å². The molecule has 2 aromatic rings. The van der Waals surface area contributed by atoms with Crippen molar-refractivity contribution in [3.05, 3.63) is 16.9 Å². The van der Waals surface area contributed by atoms with Crippen molar-refractivity contribution in [2.75, 3.05) is 0 Å². The maximum atomic E-state index is 10.7. The van der Waals surface area contributed by atoms with Gasteiger partial charge in [0, 0.05) is 0 Å². The van der Waals surface area contributed by atoms with Gasteiger partial charge in [-0.1, -0.05) is 16.6 Å². The highest BCUT2D eigenvalue weighted by molar-refractivity contribution is 7.14. The summed E-state index contributed by atoms with van der Waals surface area (Å²) in [5, 5.41) is 18.6. The Labute approximate surface area is 93.1 Å². The molecule has 0 saturated carbocycles. The van der Waals surface area contributed by atoms with Gasteiger partial charge in [0.2, 0.25) is 10.8 Å². The van der Waals surface area contributed by atoms with Crippen molar-refractivity contribution in [2.45, 2.75) is 0 Å². The average Bonchev–Trinajstić information content (AvgIpc) is 2.87. The number of aromatic carboxylic acids is 1. The number of hydrogen-bond acceptors (Lipinski definition) is 6. The van der Waals surface area contributed by atoms with Gasteiger partial charge >= 0.3 is 5.97 Å². The number of ether oxygens (including phenoxy) is 1. The first-order valence-corrected chi connectivity index (χ1v) is 4.77. The molecule has 0 amide bonds. The normalized spacial score (nSPS) is 9.69. The topological polar surface area (TPSA) is 101 Å². The van der Waals surface area contributed by atoms with E-state index in [1.54, 1.807) is 0 Å². The summed E-state index contributed by atoms with van der Waals surface area (Å²) < 4.78 is 5.19. The Bertz CT molecular complexity index is 568. The summed E-state index contributed by atoms with van der Waals surface area (Å²) in [5.41, 5.74) is -0.296. The number of carboxylic acid groups (broad SMARTS) is 1. The number of terminal acetylenes is 1. The Morgan fingerprint density at radius 3 is 3.12 bits per heavy atom. The lowest BCUT2D eigenvalue weighted by Crippen LogP contribution is -1.99. The van der Waals surface area contributed by atoms with Crippen molar-refractivity contribution < 1.29 is 14.6 Å². The molecule has 0 spiro atoms. The van der Waals surface area contributed by atoms with Crippen LogP contribution in [-0.4, -0.2) is 31.5 Å². The molecule has 0 bridgehead atoms. The number of aromatic nitrogens is 4. The zero-order valence-electron chi connectivity index (χ0n) is 7.67. The molecule has 0 unspecified atom stereocenters. The van der Waals surface area contributed by atoms with Gasteiger partial charge in [-0.3, -0.25) is 0 Å². The SMILES string of the molecule is C#Cc1ncc(Oc2[nH]nnc2C(=O)O)s1. The second-order valence-electron chi connectivity index (χ2n) is 2.53. The van der Waals surface area contributed by atoms with Crippen LogP contribution in [0.15, 0.2) is 6.20 Å². The minimum absolute atomic E-state index is 0.0558. The third-order valence-corrected chi connectivity index (χ3v) is 2.34.